The van der Waals surface area contributed by atoms with Crippen molar-refractivity contribution < 1.29 is 0 Å². The van der Waals surface area contributed by atoms with Gasteiger partial charge in [-0.05, 0) is 24.3 Å². The maximum atomic E-state index is 5.85. The molecule has 2 heterocycles. The highest BCUT2D eigenvalue weighted by molar-refractivity contribution is 7.97. The minimum Gasteiger partial charge on any atom is -0.367 e. The number of nitrogens with zero attached hydrogens (tertiary/aromatic N) is 5. The number of nitrogens with one attached hydrogen (secondary N) is 1. The van der Waals surface area contributed by atoms with Crippen molar-refractivity contribution >= 4 is 41.1 Å². The predicted molar refractivity (Wildman–Crippen MR) is 83.6 cm³/mol. The van der Waals surface area contributed by atoms with Gasteiger partial charge in [-0.3, -0.25) is 0 Å². The molecule has 0 radical (unpaired) electrons. The van der Waals surface area contributed by atoms with E-state index in [0.29, 0.717) is 16.9 Å². The Labute approximate surface area is 130 Å². The molecule has 9 heteroatoms. The summed E-state index contributed by atoms with van der Waals surface area (Å²) in [7, 11) is 1.90. The maximum absolute atomic E-state index is 5.85. The van der Waals surface area contributed by atoms with Gasteiger partial charge in [-0.25, -0.2) is 4.98 Å². The largest absolute Gasteiger partial charge is 0.367 e. The molecule has 0 aliphatic heterocycles. The topological polar surface area (TPSA) is 86.6 Å². The number of nitrogens with two attached hydrogens (primary N) is 1. The third-order valence-electron chi connectivity index (χ3n) is 2.56. The number of hydrogen-bond acceptors (Lipinski definition) is 6. The molecule has 108 valence electrons. The Morgan fingerprint density at radius 2 is 2.05 bits per heavy atom. The van der Waals surface area contributed by atoms with Crippen molar-refractivity contribution in [3.05, 3.63) is 41.8 Å². The van der Waals surface area contributed by atoms with Gasteiger partial charge in [0.25, 0.3) is 0 Å². The fourth-order valence-electron chi connectivity index (χ4n) is 1.62. The number of nitrogen functional groups attached to an aromatic ring is 1. The Morgan fingerprint density at radius 1 is 1.29 bits per heavy atom. The highest BCUT2D eigenvalue weighted by atomic mass is 35.5. The molecule has 0 saturated carbocycles. The van der Waals surface area contributed by atoms with Crippen LogP contribution in [-0.2, 0) is 7.05 Å². The quantitative estimate of drug-likeness (QED) is 0.768. The lowest BCUT2D eigenvalue weighted by molar-refractivity contribution is 0.912. The van der Waals surface area contributed by atoms with Crippen LogP contribution in [0, 0.1) is 0 Å². The summed E-state index contributed by atoms with van der Waals surface area (Å²) in [4.78, 5) is 8.36. The molecule has 0 spiro atoms. The third-order valence-corrected chi connectivity index (χ3v) is 3.66. The number of aromatic nitrogens is 5. The fraction of sp³-hybridized carbons (Fsp3) is 0.0833. The van der Waals surface area contributed by atoms with Crippen LogP contribution in [-0.4, -0.2) is 23.7 Å². The van der Waals surface area contributed by atoms with E-state index in [4.69, 9.17) is 17.3 Å². The lowest BCUT2D eigenvalue weighted by Gasteiger charge is -2.00. The van der Waals surface area contributed by atoms with Crippen LogP contribution in [0.15, 0.2) is 41.8 Å². The second-order valence-corrected chi connectivity index (χ2v) is 5.65. The summed E-state index contributed by atoms with van der Waals surface area (Å²) >= 11 is 7.13. The van der Waals surface area contributed by atoms with Gasteiger partial charge in [0.1, 0.15) is 5.03 Å². The maximum Gasteiger partial charge on any atom is 0.249 e. The number of anilines is 3. The van der Waals surface area contributed by atoms with Crippen molar-refractivity contribution in [2.75, 3.05) is 11.1 Å². The molecular weight excluding hydrogens is 310 g/mol. The van der Waals surface area contributed by atoms with E-state index in [9.17, 15) is 0 Å². The van der Waals surface area contributed by atoms with Crippen LogP contribution in [0.1, 0.15) is 0 Å². The molecule has 2 aromatic heterocycles. The van der Waals surface area contributed by atoms with Crippen LogP contribution in [0.5, 0.6) is 0 Å². The first-order chi connectivity index (χ1) is 10.1. The second-order valence-electron chi connectivity index (χ2n) is 4.27. The molecule has 0 saturated heterocycles. The van der Waals surface area contributed by atoms with Gasteiger partial charge in [0.2, 0.25) is 11.9 Å². The van der Waals surface area contributed by atoms with E-state index in [-0.39, 0.29) is 0 Å². The van der Waals surface area contributed by atoms with Gasteiger partial charge in [-0.15, -0.1) is 5.10 Å². The number of aryl methyl sites for hydroxylation is 1. The lowest BCUT2D eigenvalue weighted by atomic mass is 10.3. The van der Waals surface area contributed by atoms with Crippen LogP contribution < -0.4 is 11.1 Å². The predicted octanol–water partition coefficient (Wildman–Crippen LogP) is 2.55. The van der Waals surface area contributed by atoms with E-state index in [1.165, 1.54) is 16.0 Å². The smallest absolute Gasteiger partial charge is 0.249 e. The monoisotopic (exact) mass is 321 g/mol. The van der Waals surface area contributed by atoms with E-state index in [1.54, 1.807) is 18.5 Å². The molecule has 0 aliphatic carbocycles. The van der Waals surface area contributed by atoms with E-state index < -0.39 is 0 Å². The van der Waals surface area contributed by atoms with Crippen molar-refractivity contribution in [1.82, 2.24) is 23.7 Å². The van der Waals surface area contributed by atoms with Crippen molar-refractivity contribution in [2.45, 2.75) is 5.03 Å². The highest BCUT2D eigenvalue weighted by Crippen LogP contribution is 2.22. The first-order valence-corrected chi connectivity index (χ1v) is 7.17. The standard InChI is InChI=1S/C12H12ClN7S/c1-19-6-10(15-7-19)21-20-11(14)17-12(18-20)16-9-4-2-8(13)3-5-9/h2-7H,1H3,(H3,14,16,17,18). The number of hydrogen-bond donors (Lipinski definition) is 2. The molecule has 21 heavy (non-hydrogen) atoms. The van der Waals surface area contributed by atoms with E-state index >= 15 is 0 Å². The van der Waals surface area contributed by atoms with Crippen LogP contribution in [0.3, 0.4) is 0 Å². The second kappa shape index (κ2) is 5.66. The molecule has 0 aliphatic rings. The van der Waals surface area contributed by atoms with Crippen LogP contribution in [0.2, 0.25) is 5.02 Å². The molecule has 7 nitrogen and oxygen atoms in total. The summed E-state index contributed by atoms with van der Waals surface area (Å²) < 4.78 is 3.36. The summed E-state index contributed by atoms with van der Waals surface area (Å²) in [6.45, 7) is 0. The number of imidazole rings is 1. The molecule has 3 aromatic rings. The summed E-state index contributed by atoms with van der Waals surface area (Å²) in [5.74, 6) is 0.709. The Kier molecular flexibility index (Phi) is 3.72. The highest BCUT2D eigenvalue weighted by Gasteiger charge is 2.10. The van der Waals surface area contributed by atoms with Crippen LogP contribution in [0.25, 0.3) is 0 Å². The van der Waals surface area contributed by atoms with Crippen LogP contribution in [0.4, 0.5) is 17.6 Å². The average molecular weight is 322 g/mol. The fourth-order valence-corrected chi connectivity index (χ4v) is 2.48. The normalized spacial score (nSPS) is 10.8. The molecule has 3 rings (SSSR count). The summed E-state index contributed by atoms with van der Waals surface area (Å²) in [6, 6.07) is 7.25. The zero-order valence-corrected chi connectivity index (χ0v) is 12.6. The molecule has 0 fully saturated rings. The SMILES string of the molecule is Cn1cnc(Sn2nc(Nc3ccc(Cl)cc3)nc2N)c1. The van der Waals surface area contributed by atoms with E-state index in [2.05, 4.69) is 20.4 Å². The molecule has 3 N–H and O–H groups in total. The van der Waals surface area contributed by atoms with Crippen molar-refractivity contribution in [2.24, 2.45) is 7.05 Å². The van der Waals surface area contributed by atoms with Gasteiger partial charge >= 0.3 is 0 Å². The number of rotatable bonds is 4. The Bertz CT molecular complexity index is 749. The molecule has 1 aromatic carbocycles. The van der Waals surface area contributed by atoms with Gasteiger partial charge in [0.05, 0.1) is 6.33 Å². The molecule has 0 amide bonds. The van der Waals surface area contributed by atoms with Gasteiger partial charge in [-0.1, -0.05) is 11.6 Å². The first kappa shape index (κ1) is 13.8. The molecule has 0 atom stereocenters. The van der Waals surface area contributed by atoms with Crippen LogP contribution >= 0.6 is 23.5 Å². The lowest BCUT2D eigenvalue weighted by Crippen LogP contribution is -1.97. The molecular formula is C12H12ClN7S. The molecule has 0 unspecified atom stereocenters. The van der Waals surface area contributed by atoms with E-state index in [0.717, 1.165) is 10.7 Å². The van der Waals surface area contributed by atoms with Gasteiger partial charge in [-0.2, -0.15) is 9.07 Å². The summed E-state index contributed by atoms with van der Waals surface area (Å²) in [6.07, 6.45) is 3.58. The Balaban J connectivity index is 1.76. The van der Waals surface area contributed by atoms with Crippen molar-refractivity contribution in [3.63, 3.8) is 0 Å². The summed E-state index contributed by atoms with van der Waals surface area (Å²) in [5, 5.41) is 8.80. The van der Waals surface area contributed by atoms with Gasteiger partial charge < -0.3 is 15.6 Å². The average Bonchev–Trinajstić information content (AvgIpc) is 3.00. The zero-order chi connectivity index (χ0) is 14.8. The number of halogens is 1. The minimum atomic E-state index is 0.294. The van der Waals surface area contributed by atoms with E-state index in [1.807, 2.05) is 29.9 Å². The minimum absolute atomic E-state index is 0.294. The third kappa shape index (κ3) is 3.29. The zero-order valence-electron chi connectivity index (χ0n) is 11.1. The summed E-state index contributed by atoms with van der Waals surface area (Å²) in [5.41, 5.74) is 6.68. The number of benzene rings is 1. The first-order valence-electron chi connectivity index (χ1n) is 6.01. The van der Waals surface area contributed by atoms with Crippen molar-refractivity contribution in [3.8, 4) is 0 Å². The van der Waals surface area contributed by atoms with Gasteiger partial charge in [0.15, 0.2) is 0 Å². The van der Waals surface area contributed by atoms with Crippen molar-refractivity contribution in [1.29, 1.82) is 0 Å². The Morgan fingerprint density at radius 3 is 2.71 bits per heavy atom. The molecule has 0 bridgehead atoms. The Hall–Kier alpha value is -2.19. The van der Waals surface area contributed by atoms with Gasteiger partial charge in [0, 0.05) is 35.9 Å².